The summed E-state index contributed by atoms with van der Waals surface area (Å²) in [4.78, 5) is 0. The third kappa shape index (κ3) is 1.76. The second-order valence-corrected chi connectivity index (χ2v) is 4.95. The van der Waals surface area contributed by atoms with Crippen molar-refractivity contribution in [2.45, 2.75) is 38.3 Å². The van der Waals surface area contributed by atoms with Crippen LogP contribution in [0.25, 0.3) is 0 Å². The predicted molar refractivity (Wildman–Crippen MR) is 64.6 cm³/mol. The van der Waals surface area contributed by atoms with Crippen LogP contribution in [0.3, 0.4) is 0 Å². The van der Waals surface area contributed by atoms with E-state index in [1.807, 2.05) is 0 Å². The van der Waals surface area contributed by atoms with Gasteiger partial charge in [0.25, 0.3) is 0 Å². The molecule has 1 aromatic carbocycles. The first kappa shape index (κ1) is 10.3. The van der Waals surface area contributed by atoms with Crippen LogP contribution in [0.2, 0.25) is 0 Å². The summed E-state index contributed by atoms with van der Waals surface area (Å²) >= 11 is 0. The third-order valence-corrected chi connectivity index (χ3v) is 3.74. The van der Waals surface area contributed by atoms with Crippen LogP contribution in [0.15, 0.2) is 18.2 Å². The number of ether oxygens (including phenoxy) is 1. The van der Waals surface area contributed by atoms with Crippen LogP contribution in [0.1, 0.15) is 35.6 Å². The lowest BCUT2D eigenvalue weighted by molar-refractivity contribution is 0.0199. The van der Waals surface area contributed by atoms with Crippen molar-refractivity contribution in [3.63, 3.8) is 0 Å². The Morgan fingerprint density at radius 1 is 1.38 bits per heavy atom. The molecule has 16 heavy (non-hydrogen) atoms. The van der Waals surface area contributed by atoms with Gasteiger partial charge in [0.2, 0.25) is 0 Å². The lowest BCUT2D eigenvalue weighted by atomic mass is 9.91. The molecule has 86 valence electrons. The van der Waals surface area contributed by atoms with E-state index in [1.54, 1.807) is 0 Å². The maximum atomic E-state index is 5.98. The van der Waals surface area contributed by atoms with Crippen molar-refractivity contribution in [3.8, 4) is 0 Å². The van der Waals surface area contributed by atoms with Gasteiger partial charge in [0, 0.05) is 6.04 Å². The molecule has 0 bridgehead atoms. The van der Waals surface area contributed by atoms with Crippen LogP contribution >= 0.6 is 0 Å². The van der Waals surface area contributed by atoms with Gasteiger partial charge in [-0.2, -0.15) is 0 Å². The Hall–Kier alpha value is -0.860. The highest BCUT2D eigenvalue weighted by molar-refractivity contribution is 5.35. The SMILES string of the molecule is Cc1ccc2c(c1)[C@H](C1CCCN1)OCC2. The molecule has 0 saturated carbocycles. The van der Waals surface area contributed by atoms with Gasteiger partial charge in [0.1, 0.15) is 0 Å². The van der Waals surface area contributed by atoms with Crippen molar-refractivity contribution in [1.29, 1.82) is 0 Å². The first-order valence-electron chi connectivity index (χ1n) is 6.29. The van der Waals surface area contributed by atoms with Crippen molar-refractivity contribution in [1.82, 2.24) is 5.32 Å². The van der Waals surface area contributed by atoms with E-state index in [2.05, 4.69) is 30.4 Å². The topological polar surface area (TPSA) is 21.3 Å². The van der Waals surface area contributed by atoms with E-state index in [0.717, 1.165) is 19.6 Å². The van der Waals surface area contributed by atoms with Crippen molar-refractivity contribution >= 4 is 0 Å². The summed E-state index contributed by atoms with van der Waals surface area (Å²) in [6.45, 7) is 4.18. The summed E-state index contributed by atoms with van der Waals surface area (Å²) in [5.41, 5.74) is 4.24. The van der Waals surface area contributed by atoms with E-state index in [4.69, 9.17) is 4.74 Å². The van der Waals surface area contributed by atoms with Crippen molar-refractivity contribution in [2.75, 3.05) is 13.2 Å². The fourth-order valence-corrected chi connectivity index (χ4v) is 2.90. The fourth-order valence-electron chi connectivity index (χ4n) is 2.90. The number of hydrogen-bond donors (Lipinski definition) is 1. The molecule has 1 N–H and O–H groups in total. The molecule has 0 aromatic heterocycles. The molecule has 2 aliphatic rings. The lowest BCUT2D eigenvalue weighted by Crippen LogP contribution is -2.33. The average Bonchev–Trinajstić information content (AvgIpc) is 2.81. The zero-order valence-corrected chi connectivity index (χ0v) is 9.83. The molecule has 0 amide bonds. The van der Waals surface area contributed by atoms with Gasteiger partial charge in [0.05, 0.1) is 12.7 Å². The Labute approximate surface area is 97.0 Å². The van der Waals surface area contributed by atoms with Crippen LogP contribution in [0.4, 0.5) is 0 Å². The number of rotatable bonds is 1. The lowest BCUT2D eigenvalue weighted by Gasteiger charge is -2.30. The highest BCUT2D eigenvalue weighted by atomic mass is 16.5. The highest BCUT2D eigenvalue weighted by Crippen LogP contribution is 2.33. The molecular weight excluding hydrogens is 198 g/mol. The van der Waals surface area contributed by atoms with Crippen molar-refractivity contribution in [3.05, 3.63) is 34.9 Å². The van der Waals surface area contributed by atoms with Crippen LogP contribution in [-0.2, 0) is 11.2 Å². The molecule has 2 heterocycles. The molecule has 2 nitrogen and oxygen atoms in total. The van der Waals surface area contributed by atoms with Gasteiger partial charge in [-0.05, 0) is 43.9 Å². The maximum absolute atomic E-state index is 5.98. The van der Waals surface area contributed by atoms with E-state index in [-0.39, 0.29) is 6.10 Å². The van der Waals surface area contributed by atoms with Gasteiger partial charge < -0.3 is 10.1 Å². The minimum absolute atomic E-state index is 0.283. The van der Waals surface area contributed by atoms with Gasteiger partial charge >= 0.3 is 0 Å². The van der Waals surface area contributed by atoms with Crippen LogP contribution in [0, 0.1) is 6.92 Å². The van der Waals surface area contributed by atoms with Gasteiger partial charge in [-0.1, -0.05) is 23.8 Å². The Bertz CT molecular complexity index is 382. The molecule has 2 heteroatoms. The Kier molecular flexibility index (Phi) is 2.70. The second kappa shape index (κ2) is 4.19. The number of benzene rings is 1. The third-order valence-electron chi connectivity index (χ3n) is 3.74. The first-order chi connectivity index (χ1) is 7.84. The molecule has 1 fully saturated rings. The summed E-state index contributed by atoms with van der Waals surface area (Å²) in [6.07, 6.45) is 3.88. The van der Waals surface area contributed by atoms with E-state index in [0.29, 0.717) is 6.04 Å². The molecule has 1 aromatic rings. The van der Waals surface area contributed by atoms with Crippen LogP contribution in [0.5, 0.6) is 0 Å². The van der Waals surface area contributed by atoms with Crippen LogP contribution < -0.4 is 5.32 Å². The molecule has 1 unspecified atom stereocenters. The molecule has 1 saturated heterocycles. The normalized spacial score (nSPS) is 29.1. The molecule has 2 atom stereocenters. The van der Waals surface area contributed by atoms with E-state index < -0.39 is 0 Å². The van der Waals surface area contributed by atoms with Gasteiger partial charge in [0.15, 0.2) is 0 Å². The number of aryl methyl sites for hydroxylation is 1. The molecule has 0 aliphatic carbocycles. The van der Waals surface area contributed by atoms with Crippen LogP contribution in [-0.4, -0.2) is 19.2 Å². The summed E-state index contributed by atoms with van der Waals surface area (Å²) in [5, 5.41) is 3.56. The zero-order chi connectivity index (χ0) is 11.0. The van der Waals surface area contributed by atoms with Crippen molar-refractivity contribution in [2.24, 2.45) is 0 Å². The zero-order valence-electron chi connectivity index (χ0n) is 9.83. The fraction of sp³-hybridized carbons (Fsp3) is 0.571. The number of fused-ring (bicyclic) bond motifs is 1. The smallest absolute Gasteiger partial charge is 0.0980 e. The molecule has 2 aliphatic heterocycles. The highest BCUT2D eigenvalue weighted by Gasteiger charge is 2.30. The summed E-state index contributed by atoms with van der Waals surface area (Å²) < 4.78 is 5.98. The summed E-state index contributed by atoms with van der Waals surface area (Å²) in [6, 6.07) is 7.32. The van der Waals surface area contributed by atoms with Gasteiger partial charge in [-0.25, -0.2) is 0 Å². The standard InChI is InChI=1S/C14H19NO/c1-10-4-5-11-6-8-16-14(12(11)9-10)13-3-2-7-15-13/h4-5,9,13-15H,2-3,6-8H2,1H3/t13?,14-/m1/s1. The molecular formula is C14H19NO. The van der Waals surface area contributed by atoms with Gasteiger partial charge in [-0.3, -0.25) is 0 Å². The molecule has 0 spiro atoms. The first-order valence-corrected chi connectivity index (χ1v) is 6.29. The number of nitrogens with one attached hydrogen (secondary N) is 1. The Morgan fingerprint density at radius 3 is 3.12 bits per heavy atom. The quantitative estimate of drug-likeness (QED) is 0.779. The minimum Gasteiger partial charge on any atom is -0.372 e. The van der Waals surface area contributed by atoms with E-state index in [1.165, 1.54) is 29.5 Å². The van der Waals surface area contributed by atoms with Crippen molar-refractivity contribution < 1.29 is 4.74 Å². The van der Waals surface area contributed by atoms with Gasteiger partial charge in [-0.15, -0.1) is 0 Å². The minimum atomic E-state index is 0.283. The molecule has 3 rings (SSSR count). The van der Waals surface area contributed by atoms with E-state index in [9.17, 15) is 0 Å². The summed E-state index contributed by atoms with van der Waals surface area (Å²) in [7, 11) is 0. The average molecular weight is 217 g/mol. The molecule has 0 radical (unpaired) electrons. The van der Waals surface area contributed by atoms with E-state index >= 15 is 0 Å². The number of hydrogen-bond acceptors (Lipinski definition) is 2. The summed E-state index contributed by atoms with van der Waals surface area (Å²) in [5.74, 6) is 0. The predicted octanol–water partition coefficient (Wildman–Crippen LogP) is 2.36. The Balaban J connectivity index is 1.94. The maximum Gasteiger partial charge on any atom is 0.0980 e. The largest absolute Gasteiger partial charge is 0.372 e. The second-order valence-electron chi connectivity index (χ2n) is 4.95. The monoisotopic (exact) mass is 217 g/mol. The Morgan fingerprint density at radius 2 is 2.31 bits per heavy atom.